The molecule has 3 rings (SSSR count). The SMILES string of the molecule is COC(=O)c1cnc(NC(=O)COc2ccc3ccccc3c2)s1. The summed E-state index contributed by atoms with van der Waals surface area (Å²) in [5.41, 5.74) is 0. The van der Waals surface area contributed by atoms with Crippen LogP contribution in [0, 0.1) is 0 Å². The maximum atomic E-state index is 11.9. The fourth-order valence-electron chi connectivity index (χ4n) is 2.09. The second-order valence-corrected chi connectivity index (χ2v) is 5.90. The van der Waals surface area contributed by atoms with Gasteiger partial charge in [-0.05, 0) is 22.9 Å². The Hall–Kier alpha value is -2.93. The highest BCUT2D eigenvalue weighted by atomic mass is 32.1. The van der Waals surface area contributed by atoms with Gasteiger partial charge in [-0.15, -0.1) is 0 Å². The maximum Gasteiger partial charge on any atom is 0.349 e. The zero-order valence-corrected chi connectivity index (χ0v) is 13.6. The number of hydrogen-bond donors (Lipinski definition) is 1. The van der Waals surface area contributed by atoms with Gasteiger partial charge < -0.3 is 9.47 Å². The molecule has 1 aromatic heterocycles. The van der Waals surface area contributed by atoms with Crippen LogP contribution in [0.15, 0.2) is 48.7 Å². The van der Waals surface area contributed by atoms with E-state index in [0.717, 1.165) is 22.1 Å². The molecule has 24 heavy (non-hydrogen) atoms. The molecule has 7 heteroatoms. The highest BCUT2D eigenvalue weighted by Crippen LogP contribution is 2.21. The van der Waals surface area contributed by atoms with E-state index in [9.17, 15) is 9.59 Å². The molecule has 1 N–H and O–H groups in total. The molecule has 6 nitrogen and oxygen atoms in total. The lowest BCUT2D eigenvalue weighted by atomic mass is 10.1. The zero-order chi connectivity index (χ0) is 16.9. The van der Waals surface area contributed by atoms with Gasteiger partial charge in [-0.25, -0.2) is 9.78 Å². The van der Waals surface area contributed by atoms with Crippen LogP contribution in [0.4, 0.5) is 5.13 Å². The Balaban J connectivity index is 1.58. The van der Waals surface area contributed by atoms with Crippen molar-refractivity contribution in [3.63, 3.8) is 0 Å². The molecule has 0 aliphatic heterocycles. The van der Waals surface area contributed by atoms with E-state index in [2.05, 4.69) is 15.0 Å². The average Bonchev–Trinajstić information content (AvgIpc) is 3.07. The smallest absolute Gasteiger partial charge is 0.349 e. The van der Waals surface area contributed by atoms with Gasteiger partial charge in [-0.1, -0.05) is 41.7 Å². The van der Waals surface area contributed by atoms with Crippen molar-refractivity contribution < 1.29 is 19.1 Å². The summed E-state index contributed by atoms with van der Waals surface area (Å²) in [6, 6.07) is 13.5. The number of fused-ring (bicyclic) bond motifs is 1. The van der Waals surface area contributed by atoms with Gasteiger partial charge in [0, 0.05) is 0 Å². The number of hydrogen-bond acceptors (Lipinski definition) is 6. The molecule has 0 aliphatic carbocycles. The number of aromatic nitrogens is 1. The van der Waals surface area contributed by atoms with E-state index < -0.39 is 5.97 Å². The molecule has 0 saturated carbocycles. The normalized spacial score (nSPS) is 10.4. The van der Waals surface area contributed by atoms with Crippen LogP contribution in [-0.2, 0) is 9.53 Å². The number of benzene rings is 2. The molecule has 0 unspecified atom stereocenters. The van der Waals surface area contributed by atoms with Crippen molar-refractivity contribution >= 4 is 39.1 Å². The summed E-state index contributed by atoms with van der Waals surface area (Å²) in [5, 5.41) is 5.05. The Morgan fingerprint density at radius 2 is 1.96 bits per heavy atom. The summed E-state index contributed by atoms with van der Waals surface area (Å²) in [6.45, 7) is -0.147. The van der Waals surface area contributed by atoms with Crippen LogP contribution in [0.3, 0.4) is 0 Å². The summed E-state index contributed by atoms with van der Waals surface area (Å²) in [5.74, 6) is -0.229. The lowest BCUT2D eigenvalue weighted by Gasteiger charge is -2.07. The van der Waals surface area contributed by atoms with Crippen molar-refractivity contribution in [1.82, 2.24) is 4.98 Å². The fourth-order valence-corrected chi connectivity index (χ4v) is 2.84. The number of esters is 1. The number of methoxy groups -OCH3 is 1. The number of carbonyl (C=O) groups excluding carboxylic acids is 2. The monoisotopic (exact) mass is 342 g/mol. The average molecular weight is 342 g/mol. The van der Waals surface area contributed by atoms with Crippen LogP contribution in [-0.4, -0.2) is 30.6 Å². The molecule has 0 spiro atoms. The first-order valence-electron chi connectivity index (χ1n) is 7.11. The Morgan fingerprint density at radius 1 is 1.17 bits per heavy atom. The number of nitrogens with one attached hydrogen (secondary N) is 1. The van der Waals surface area contributed by atoms with Crippen LogP contribution in [0.25, 0.3) is 10.8 Å². The predicted molar refractivity (Wildman–Crippen MR) is 91.5 cm³/mol. The van der Waals surface area contributed by atoms with Crippen molar-refractivity contribution in [3.8, 4) is 5.75 Å². The number of amides is 1. The summed E-state index contributed by atoms with van der Waals surface area (Å²) < 4.78 is 10.1. The van der Waals surface area contributed by atoms with Gasteiger partial charge in [0.25, 0.3) is 5.91 Å². The van der Waals surface area contributed by atoms with E-state index in [1.165, 1.54) is 13.3 Å². The third-order valence-electron chi connectivity index (χ3n) is 3.23. The van der Waals surface area contributed by atoms with Crippen LogP contribution in [0.1, 0.15) is 9.67 Å². The maximum absolute atomic E-state index is 11.9. The number of thiazole rings is 1. The quantitative estimate of drug-likeness (QED) is 0.721. The molecular weight excluding hydrogens is 328 g/mol. The van der Waals surface area contributed by atoms with Crippen molar-refractivity contribution in [3.05, 3.63) is 53.5 Å². The molecule has 0 fully saturated rings. The largest absolute Gasteiger partial charge is 0.484 e. The number of nitrogens with zero attached hydrogens (tertiary/aromatic N) is 1. The molecule has 1 heterocycles. The topological polar surface area (TPSA) is 77.5 Å². The van der Waals surface area contributed by atoms with E-state index >= 15 is 0 Å². The summed E-state index contributed by atoms with van der Waals surface area (Å²) in [6.07, 6.45) is 1.36. The molecule has 0 radical (unpaired) electrons. The number of rotatable bonds is 5. The van der Waals surface area contributed by atoms with Gasteiger partial charge in [0.15, 0.2) is 11.7 Å². The standard InChI is InChI=1S/C17H14N2O4S/c1-22-16(21)14-9-18-17(24-14)19-15(20)10-23-13-7-6-11-4-2-3-5-12(11)8-13/h2-9H,10H2,1H3,(H,18,19,20). The van der Waals surface area contributed by atoms with E-state index in [4.69, 9.17) is 4.74 Å². The first-order chi connectivity index (χ1) is 11.7. The third kappa shape index (κ3) is 3.69. The number of ether oxygens (including phenoxy) is 2. The van der Waals surface area contributed by atoms with Gasteiger partial charge in [-0.2, -0.15) is 0 Å². The van der Waals surface area contributed by atoms with Crippen LogP contribution >= 0.6 is 11.3 Å². The van der Waals surface area contributed by atoms with E-state index in [1.807, 2.05) is 42.5 Å². The molecular formula is C17H14N2O4S. The van der Waals surface area contributed by atoms with Gasteiger partial charge in [0.1, 0.15) is 10.6 Å². The number of anilines is 1. The molecule has 0 aliphatic rings. The molecule has 2 aromatic carbocycles. The third-order valence-corrected chi connectivity index (χ3v) is 4.12. The highest BCUT2D eigenvalue weighted by Gasteiger charge is 2.12. The zero-order valence-electron chi connectivity index (χ0n) is 12.8. The van der Waals surface area contributed by atoms with Gasteiger partial charge in [-0.3, -0.25) is 10.1 Å². The Labute approximate surface area is 142 Å². The van der Waals surface area contributed by atoms with Crippen LogP contribution < -0.4 is 10.1 Å². The summed E-state index contributed by atoms with van der Waals surface area (Å²) in [4.78, 5) is 27.5. The molecule has 3 aromatic rings. The minimum absolute atomic E-state index is 0.147. The van der Waals surface area contributed by atoms with Gasteiger partial charge in [0.05, 0.1) is 13.3 Å². The van der Waals surface area contributed by atoms with Crippen molar-refractivity contribution in [2.75, 3.05) is 19.0 Å². The van der Waals surface area contributed by atoms with E-state index in [0.29, 0.717) is 15.8 Å². The van der Waals surface area contributed by atoms with Crippen molar-refractivity contribution in [2.24, 2.45) is 0 Å². The van der Waals surface area contributed by atoms with Crippen molar-refractivity contribution in [1.29, 1.82) is 0 Å². The summed E-state index contributed by atoms with van der Waals surface area (Å²) in [7, 11) is 1.29. The first kappa shape index (κ1) is 15.9. The Kier molecular flexibility index (Phi) is 4.72. The molecule has 0 atom stereocenters. The van der Waals surface area contributed by atoms with E-state index in [1.54, 1.807) is 0 Å². The molecule has 122 valence electrons. The first-order valence-corrected chi connectivity index (χ1v) is 7.93. The lowest BCUT2D eigenvalue weighted by Crippen LogP contribution is -2.19. The molecule has 0 bridgehead atoms. The van der Waals surface area contributed by atoms with Gasteiger partial charge in [0.2, 0.25) is 0 Å². The molecule has 0 saturated heterocycles. The highest BCUT2D eigenvalue weighted by molar-refractivity contribution is 7.17. The van der Waals surface area contributed by atoms with E-state index in [-0.39, 0.29) is 12.5 Å². The molecule has 1 amide bonds. The fraction of sp³-hybridized carbons (Fsp3) is 0.118. The van der Waals surface area contributed by atoms with Crippen molar-refractivity contribution in [2.45, 2.75) is 0 Å². The van der Waals surface area contributed by atoms with Crippen LogP contribution in [0.5, 0.6) is 5.75 Å². The Morgan fingerprint density at radius 3 is 2.75 bits per heavy atom. The lowest BCUT2D eigenvalue weighted by molar-refractivity contribution is -0.118. The second-order valence-electron chi connectivity index (χ2n) is 4.87. The minimum atomic E-state index is -0.486. The Bertz CT molecular complexity index is 891. The second kappa shape index (κ2) is 7.10. The summed E-state index contributed by atoms with van der Waals surface area (Å²) >= 11 is 1.04. The van der Waals surface area contributed by atoms with Crippen LogP contribution in [0.2, 0.25) is 0 Å². The van der Waals surface area contributed by atoms with Gasteiger partial charge >= 0.3 is 5.97 Å². The predicted octanol–water partition coefficient (Wildman–Crippen LogP) is 3.10. The number of carbonyl (C=O) groups is 2. The minimum Gasteiger partial charge on any atom is -0.484 e.